The maximum atomic E-state index is 12.3. The highest BCUT2D eigenvalue weighted by Crippen LogP contribution is 2.04. The molecule has 0 saturated carbocycles. The molecule has 2 unspecified atom stereocenters. The lowest BCUT2D eigenvalue weighted by Crippen LogP contribution is -2.54. The van der Waals surface area contributed by atoms with Crippen LogP contribution in [0.15, 0.2) is 0 Å². The van der Waals surface area contributed by atoms with E-state index in [1.54, 1.807) is 4.90 Å². The third-order valence-corrected chi connectivity index (χ3v) is 3.47. The van der Waals surface area contributed by atoms with Crippen LogP contribution in [0.3, 0.4) is 0 Å². The average molecular weight is 295 g/mol. The summed E-state index contributed by atoms with van der Waals surface area (Å²) in [6, 6.07) is -1.28. The molecule has 6 nitrogen and oxygen atoms in total. The molecule has 0 aromatic rings. The zero-order chi connectivity index (χ0) is 15.8. The van der Waals surface area contributed by atoms with Crippen molar-refractivity contribution in [2.75, 3.05) is 26.3 Å². The highest BCUT2D eigenvalue weighted by molar-refractivity contribution is 5.87. The molecule has 2 atom stereocenters. The average Bonchev–Trinajstić information content (AvgIpc) is 2.50. The molecule has 3 amide bonds. The summed E-state index contributed by atoms with van der Waals surface area (Å²) >= 11 is 0. The van der Waals surface area contributed by atoms with Gasteiger partial charge in [-0.3, -0.25) is 4.79 Å². The highest BCUT2D eigenvalue weighted by atomic mass is 16.5. The molecular weight excluding hydrogens is 270 g/mol. The maximum Gasteiger partial charge on any atom is 0.316 e. The normalized spacial score (nSPS) is 17.8. The number of morpholine rings is 1. The van der Waals surface area contributed by atoms with Gasteiger partial charge < -0.3 is 20.3 Å². The smallest absolute Gasteiger partial charge is 0.316 e. The number of amides is 3. The van der Waals surface area contributed by atoms with Crippen LogP contribution in [0.5, 0.6) is 0 Å². The topological polar surface area (TPSA) is 70.7 Å². The summed E-state index contributed by atoms with van der Waals surface area (Å²) in [5.74, 6) is 2.60. The largest absolute Gasteiger partial charge is 0.378 e. The van der Waals surface area contributed by atoms with Gasteiger partial charge in [0.25, 0.3) is 0 Å². The number of ether oxygens (including phenoxy) is 1. The predicted molar refractivity (Wildman–Crippen MR) is 80.6 cm³/mol. The van der Waals surface area contributed by atoms with Crippen molar-refractivity contribution in [3.8, 4) is 12.3 Å². The van der Waals surface area contributed by atoms with Gasteiger partial charge in [0, 0.05) is 13.1 Å². The summed E-state index contributed by atoms with van der Waals surface area (Å²) in [5.41, 5.74) is 0. The van der Waals surface area contributed by atoms with Crippen LogP contribution < -0.4 is 10.6 Å². The van der Waals surface area contributed by atoms with E-state index in [0.29, 0.717) is 32.7 Å². The molecule has 1 saturated heterocycles. The maximum absolute atomic E-state index is 12.3. The number of rotatable bonds is 5. The van der Waals surface area contributed by atoms with Crippen molar-refractivity contribution in [2.45, 2.75) is 39.3 Å². The Balaban J connectivity index is 2.54. The number of urea groups is 1. The Kier molecular flexibility index (Phi) is 7.03. The zero-order valence-corrected chi connectivity index (χ0v) is 13.0. The fourth-order valence-electron chi connectivity index (χ4n) is 2.08. The SMILES string of the molecule is C#CC(NC(=O)NC(CC)C(=O)N1CCOCC1)C(C)C. The molecule has 1 rings (SSSR count). The van der Waals surface area contributed by atoms with Crippen molar-refractivity contribution < 1.29 is 14.3 Å². The van der Waals surface area contributed by atoms with E-state index in [0.717, 1.165) is 0 Å². The minimum Gasteiger partial charge on any atom is -0.378 e. The van der Waals surface area contributed by atoms with Gasteiger partial charge in [-0.1, -0.05) is 26.7 Å². The Morgan fingerprint density at radius 1 is 1.29 bits per heavy atom. The second-order valence-corrected chi connectivity index (χ2v) is 5.40. The summed E-state index contributed by atoms with van der Waals surface area (Å²) in [6.07, 6.45) is 5.91. The van der Waals surface area contributed by atoms with E-state index in [1.807, 2.05) is 20.8 Å². The molecule has 1 heterocycles. The van der Waals surface area contributed by atoms with Crippen LogP contribution in [0.25, 0.3) is 0 Å². The number of nitrogens with one attached hydrogen (secondary N) is 2. The van der Waals surface area contributed by atoms with Gasteiger partial charge in [0.15, 0.2) is 0 Å². The van der Waals surface area contributed by atoms with E-state index < -0.39 is 12.1 Å². The molecule has 6 heteroatoms. The lowest BCUT2D eigenvalue weighted by Gasteiger charge is -2.30. The van der Waals surface area contributed by atoms with Crippen LogP contribution in [0.1, 0.15) is 27.2 Å². The monoisotopic (exact) mass is 295 g/mol. The predicted octanol–water partition coefficient (Wildman–Crippen LogP) is 0.581. The van der Waals surface area contributed by atoms with Crippen LogP contribution in [0, 0.1) is 18.3 Å². The van der Waals surface area contributed by atoms with Gasteiger partial charge in [0.2, 0.25) is 5.91 Å². The Labute approximate surface area is 126 Å². The molecule has 118 valence electrons. The highest BCUT2D eigenvalue weighted by Gasteiger charge is 2.26. The van der Waals surface area contributed by atoms with Crippen molar-refractivity contribution in [1.29, 1.82) is 0 Å². The molecule has 0 radical (unpaired) electrons. The Morgan fingerprint density at radius 2 is 1.90 bits per heavy atom. The lowest BCUT2D eigenvalue weighted by atomic mass is 10.1. The molecule has 0 bridgehead atoms. The standard InChI is InChI=1S/C15H25N3O3/c1-5-12(11(3)4)16-15(20)17-13(6-2)14(19)18-7-9-21-10-8-18/h1,11-13H,6-10H2,2-4H3,(H2,16,17,20). The van der Waals surface area contributed by atoms with Gasteiger partial charge in [-0.2, -0.15) is 0 Å². The summed E-state index contributed by atoms with van der Waals surface area (Å²) < 4.78 is 5.22. The first-order valence-corrected chi connectivity index (χ1v) is 7.39. The van der Waals surface area contributed by atoms with Crippen molar-refractivity contribution in [1.82, 2.24) is 15.5 Å². The van der Waals surface area contributed by atoms with Crippen molar-refractivity contribution in [3.05, 3.63) is 0 Å². The van der Waals surface area contributed by atoms with E-state index >= 15 is 0 Å². The summed E-state index contributed by atoms with van der Waals surface area (Å²) in [4.78, 5) is 26.0. The van der Waals surface area contributed by atoms with Gasteiger partial charge in [0.1, 0.15) is 6.04 Å². The molecule has 1 fully saturated rings. The number of hydrogen-bond acceptors (Lipinski definition) is 3. The third-order valence-electron chi connectivity index (χ3n) is 3.47. The van der Waals surface area contributed by atoms with E-state index in [1.165, 1.54) is 0 Å². The zero-order valence-electron chi connectivity index (χ0n) is 13.0. The first-order valence-electron chi connectivity index (χ1n) is 7.39. The number of nitrogens with zero attached hydrogens (tertiary/aromatic N) is 1. The molecule has 21 heavy (non-hydrogen) atoms. The van der Waals surface area contributed by atoms with E-state index in [-0.39, 0.29) is 17.9 Å². The van der Waals surface area contributed by atoms with Crippen LogP contribution in [-0.4, -0.2) is 55.2 Å². The molecule has 0 aliphatic carbocycles. The summed E-state index contributed by atoms with van der Waals surface area (Å²) in [6.45, 7) is 7.95. The summed E-state index contributed by atoms with van der Waals surface area (Å²) in [5, 5.41) is 5.41. The van der Waals surface area contributed by atoms with Gasteiger partial charge in [-0.05, 0) is 12.3 Å². The van der Waals surface area contributed by atoms with Crippen molar-refractivity contribution in [2.24, 2.45) is 5.92 Å². The Bertz CT molecular complexity index is 397. The molecule has 0 aromatic heterocycles. The molecular formula is C15H25N3O3. The minimum absolute atomic E-state index is 0.0715. The van der Waals surface area contributed by atoms with E-state index in [2.05, 4.69) is 16.6 Å². The number of terminal acetylenes is 1. The van der Waals surface area contributed by atoms with Crippen LogP contribution in [-0.2, 0) is 9.53 Å². The van der Waals surface area contributed by atoms with Gasteiger partial charge in [0.05, 0.1) is 19.3 Å². The van der Waals surface area contributed by atoms with Crippen LogP contribution in [0.4, 0.5) is 4.79 Å². The van der Waals surface area contributed by atoms with Crippen molar-refractivity contribution in [3.63, 3.8) is 0 Å². The third kappa shape index (κ3) is 5.27. The molecule has 1 aliphatic rings. The Hall–Kier alpha value is -1.74. The van der Waals surface area contributed by atoms with Crippen molar-refractivity contribution >= 4 is 11.9 Å². The van der Waals surface area contributed by atoms with Crippen LogP contribution in [0.2, 0.25) is 0 Å². The number of hydrogen-bond donors (Lipinski definition) is 2. The molecule has 1 aliphatic heterocycles. The first kappa shape index (κ1) is 17.3. The fourth-order valence-corrected chi connectivity index (χ4v) is 2.08. The summed E-state index contributed by atoms with van der Waals surface area (Å²) in [7, 11) is 0. The quantitative estimate of drug-likeness (QED) is 0.729. The minimum atomic E-state index is -0.534. The molecule has 2 N–H and O–H groups in total. The molecule has 0 spiro atoms. The van der Waals surface area contributed by atoms with Gasteiger partial charge in [-0.15, -0.1) is 6.42 Å². The van der Waals surface area contributed by atoms with Gasteiger partial charge in [-0.25, -0.2) is 4.79 Å². The first-order chi connectivity index (χ1) is 9.99. The van der Waals surface area contributed by atoms with Crippen LogP contribution >= 0.6 is 0 Å². The number of carbonyl (C=O) groups is 2. The number of carbonyl (C=O) groups excluding carboxylic acids is 2. The van der Waals surface area contributed by atoms with Gasteiger partial charge >= 0.3 is 6.03 Å². The lowest BCUT2D eigenvalue weighted by molar-refractivity contribution is -0.137. The second-order valence-electron chi connectivity index (χ2n) is 5.40. The van der Waals surface area contributed by atoms with E-state index in [9.17, 15) is 9.59 Å². The molecule has 0 aromatic carbocycles. The Morgan fingerprint density at radius 3 is 2.38 bits per heavy atom. The fraction of sp³-hybridized carbons (Fsp3) is 0.733. The second kappa shape index (κ2) is 8.53. The van der Waals surface area contributed by atoms with E-state index in [4.69, 9.17) is 11.2 Å².